The molecule has 204 valence electrons. The lowest BCUT2D eigenvalue weighted by Crippen LogP contribution is -2.45. The van der Waals surface area contributed by atoms with Crippen LogP contribution in [0.15, 0.2) is 78.9 Å². The van der Waals surface area contributed by atoms with Gasteiger partial charge in [-0.2, -0.15) is 0 Å². The maximum absolute atomic E-state index is 14.0. The molecule has 0 unspecified atom stereocenters. The fourth-order valence-corrected chi connectivity index (χ4v) is 4.46. The zero-order valence-electron chi connectivity index (χ0n) is 22.5. The molecule has 4 rings (SSSR count). The van der Waals surface area contributed by atoms with Gasteiger partial charge in [-0.05, 0) is 44.0 Å². The molecule has 0 spiro atoms. The predicted molar refractivity (Wildman–Crippen MR) is 149 cm³/mol. The molecule has 0 fully saturated rings. The van der Waals surface area contributed by atoms with Crippen LogP contribution in [0, 0.1) is 0 Å². The fourth-order valence-electron chi connectivity index (χ4n) is 4.46. The summed E-state index contributed by atoms with van der Waals surface area (Å²) < 4.78 is 13.0. The van der Waals surface area contributed by atoms with E-state index in [0.717, 1.165) is 11.1 Å². The zero-order valence-corrected chi connectivity index (χ0v) is 22.5. The number of carbonyl (C=O) groups excluding carboxylic acids is 2. The van der Waals surface area contributed by atoms with Crippen molar-refractivity contribution in [1.29, 1.82) is 0 Å². The Morgan fingerprint density at radius 3 is 2.49 bits per heavy atom. The molecule has 1 heterocycles. The molecule has 1 N–H and O–H groups in total. The molecule has 9 nitrogen and oxygen atoms in total. The van der Waals surface area contributed by atoms with Gasteiger partial charge in [0, 0.05) is 31.9 Å². The third-order valence-electron chi connectivity index (χ3n) is 6.30. The van der Waals surface area contributed by atoms with E-state index < -0.39 is 6.04 Å². The molecule has 0 aliphatic heterocycles. The number of para-hydroxylation sites is 2. The summed E-state index contributed by atoms with van der Waals surface area (Å²) in [5, 5.41) is 11.4. The fraction of sp³-hybridized carbons (Fsp3) is 0.333. The highest BCUT2D eigenvalue weighted by atomic mass is 16.5. The van der Waals surface area contributed by atoms with Gasteiger partial charge in [-0.1, -0.05) is 65.9 Å². The number of carbonyl (C=O) groups is 2. The Kier molecular flexibility index (Phi) is 10.0. The smallest absolute Gasteiger partial charge is 0.247 e. The first-order valence-electron chi connectivity index (χ1n) is 13.3. The van der Waals surface area contributed by atoms with E-state index in [1.165, 1.54) is 0 Å². The van der Waals surface area contributed by atoms with Gasteiger partial charge in [-0.25, -0.2) is 4.68 Å². The number of rotatable bonds is 14. The van der Waals surface area contributed by atoms with Crippen LogP contribution in [0.3, 0.4) is 0 Å². The van der Waals surface area contributed by atoms with Gasteiger partial charge in [0.25, 0.3) is 0 Å². The Hall–Kier alpha value is -4.24. The molecule has 0 saturated carbocycles. The third-order valence-corrected chi connectivity index (χ3v) is 6.30. The Bertz CT molecular complexity index is 1360. The van der Waals surface area contributed by atoms with E-state index >= 15 is 0 Å². The summed E-state index contributed by atoms with van der Waals surface area (Å²) in [7, 11) is 0. The Morgan fingerprint density at radius 1 is 0.949 bits per heavy atom. The van der Waals surface area contributed by atoms with Crippen molar-refractivity contribution in [2.24, 2.45) is 0 Å². The molecule has 39 heavy (non-hydrogen) atoms. The average molecular weight is 530 g/mol. The molecular weight excluding hydrogens is 494 g/mol. The maximum atomic E-state index is 14.0. The van der Waals surface area contributed by atoms with E-state index in [9.17, 15) is 9.59 Å². The van der Waals surface area contributed by atoms with Crippen molar-refractivity contribution in [2.75, 3.05) is 26.4 Å². The second-order valence-electron chi connectivity index (χ2n) is 8.95. The van der Waals surface area contributed by atoms with E-state index in [1.54, 1.807) is 9.58 Å². The lowest BCUT2D eigenvalue weighted by atomic mass is 10.0. The highest BCUT2D eigenvalue weighted by Crippen LogP contribution is 2.31. The van der Waals surface area contributed by atoms with Gasteiger partial charge >= 0.3 is 0 Å². The summed E-state index contributed by atoms with van der Waals surface area (Å²) in [6.45, 7) is 5.88. The number of hydrogen-bond acceptors (Lipinski definition) is 6. The number of nitrogens with one attached hydrogen (secondary N) is 1. The molecule has 3 aromatic carbocycles. The second kappa shape index (κ2) is 14.1. The zero-order chi connectivity index (χ0) is 27.5. The van der Waals surface area contributed by atoms with Gasteiger partial charge in [-0.15, -0.1) is 5.10 Å². The summed E-state index contributed by atoms with van der Waals surface area (Å²) >= 11 is 0. The van der Waals surface area contributed by atoms with Crippen LogP contribution < -0.4 is 10.1 Å². The monoisotopic (exact) mass is 529 g/mol. The molecule has 4 aromatic rings. The number of fused-ring (bicyclic) bond motifs is 1. The molecule has 0 aliphatic carbocycles. The van der Waals surface area contributed by atoms with Crippen molar-refractivity contribution < 1.29 is 19.1 Å². The minimum absolute atomic E-state index is 0.0611. The highest BCUT2D eigenvalue weighted by Gasteiger charge is 2.33. The van der Waals surface area contributed by atoms with Crippen molar-refractivity contribution in [1.82, 2.24) is 25.2 Å². The number of amides is 2. The largest absolute Gasteiger partial charge is 0.494 e. The topological polar surface area (TPSA) is 98.6 Å². The first-order valence-corrected chi connectivity index (χ1v) is 13.3. The molecule has 0 aliphatic rings. The van der Waals surface area contributed by atoms with Crippen LogP contribution in [0.1, 0.15) is 37.4 Å². The van der Waals surface area contributed by atoms with Crippen molar-refractivity contribution in [2.45, 2.75) is 39.4 Å². The van der Waals surface area contributed by atoms with Gasteiger partial charge < -0.3 is 19.7 Å². The van der Waals surface area contributed by atoms with E-state index in [4.69, 9.17) is 9.47 Å². The molecule has 0 bridgehead atoms. The normalized spacial score (nSPS) is 11.7. The van der Waals surface area contributed by atoms with Gasteiger partial charge in [-0.3, -0.25) is 9.59 Å². The Balaban J connectivity index is 1.68. The number of hydrogen-bond donors (Lipinski definition) is 1. The molecule has 9 heteroatoms. The summed E-state index contributed by atoms with van der Waals surface area (Å²) in [5.41, 5.74) is 3.04. The van der Waals surface area contributed by atoms with Crippen LogP contribution in [0.2, 0.25) is 0 Å². The van der Waals surface area contributed by atoms with Crippen LogP contribution in [-0.2, 0) is 27.4 Å². The van der Waals surface area contributed by atoms with E-state index in [-0.39, 0.29) is 18.4 Å². The minimum Gasteiger partial charge on any atom is -0.494 e. The quantitative estimate of drug-likeness (QED) is 0.247. The average Bonchev–Trinajstić information content (AvgIpc) is 3.37. The van der Waals surface area contributed by atoms with Gasteiger partial charge in [0.1, 0.15) is 23.9 Å². The SMILES string of the molecule is CCOCCCN(C(=O)Cn1nnc2ccccc21)[C@@H](C(=O)NCc1ccccc1)c1ccccc1OCC. The van der Waals surface area contributed by atoms with E-state index in [1.807, 2.05) is 92.7 Å². The maximum Gasteiger partial charge on any atom is 0.247 e. The molecule has 0 saturated heterocycles. The van der Waals surface area contributed by atoms with Crippen molar-refractivity contribution in [3.05, 3.63) is 90.0 Å². The molecule has 0 radical (unpaired) electrons. The Morgan fingerprint density at radius 2 is 1.69 bits per heavy atom. The predicted octanol–water partition coefficient (Wildman–Crippen LogP) is 4.14. The van der Waals surface area contributed by atoms with Crippen LogP contribution in [0.4, 0.5) is 0 Å². The number of nitrogens with zero attached hydrogens (tertiary/aromatic N) is 4. The number of ether oxygens (including phenoxy) is 2. The van der Waals surface area contributed by atoms with Crippen molar-refractivity contribution in [3.8, 4) is 5.75 Å². The van der Waals surface area contributed by atoms with Crippen LogP contribution >= 0.6 is 0 Å². The molecular formula is C30H35N5O4. The van der Waals surface area contributed by atoms with Gasteiger partial charge in [0.05, 0.1) is 12.1 Å². The van der Waals surface area contributed by atoms with E-state index in [2.05, 4.69) is 15.6 Å². The first kappa shape index (κ1) is 27.8. The molecule has 1 atom stereocenters. The van der Waals surface area contributed by atoms with Gasteiger partial charge in [0.15, 0.2) is 0 Å². The summed E-state index contributed by atoms with van der Waals surface area (Å²) in [4.78, 5) is 29.5. The van der Waals surface area contributed by atoms with Crippen molar-refractivity contribution in [3.63, 3.8) is 0 Å². The minimum atomic E-state index is -0.916. The third kappa shape index (κ3) is 7.20. The van der Waals surface area contributed by atoms with Crippen LogP contribution in [-0.4, -0.2) is 58.1 Å². The standard InChI is InChI=1S/C30H35N5O4/c1-3-38-20-12-19-34(28(36)22-35-26-17-10-9-16-25(26)32-33-35)29(24-15-8-11-18-27(24)39-4-2)30(37)31-21-23-13-6-5-7-14-23/h5-11,13-18,29H,3-4,12,19-22H2,1-2H3,(H,31,37)/t29-/m1/s1. The van der Waals surface area contributed by atoms with E-state index in [0.29, 0.717) is 56.2 Å². The molecule has 1 aromatic heterocycles. The summed E-state index contributed by atoms with van der Waals surface area (Å²) in [6, 6.07) is 23.6. The highest BCUT2D eigenvalue weighted by molar-refractivity contribution is 5.89. The lowest BCUT2D eigenvalue weighted by molar-refractivity contribution is -0.141. The molecule has 2 amide bonds. The van der Waals surface area contributed by atoms with Crippen LogP contribution in [0.25, 0.3) is 11.0 Å². The second-order valence-corrected chi connectivity index (χ2v) is 8.95. The van der Waals surface area contributed by atoms with Gasteiger partial charge in [0.2, 0.25) is 11.8 Å². The first-order chi connectivity index (χ1) is 19.1. The summed E-state index contributed by atoms with van der Waals surface area (Å²) in [5.74, 6) is 0.0150. The lowest BCUT2D eigenvalue weighted by Gasteiger charge is -2.32. The van der Waals surface area contributed by atoms with Crippen LogP contribution in [0.5, 0.6) is 5.75 Å². The van der Waals surface area contributed by atoms with Crippen molar-refractivity contribution >= 4 is 22.8 Å². The summed E-state index contributed by atoms with van der Waals surface area (Å²) in [6.07, 6.45) is 0.566. The Labute approximate surface area is 228 Å². The number of benzene rings is 3. The number of aromatic nitrogens is 3.